The van der Waals surface area contributed by atoms with Crippen LogP contribution in [0.15, 0.2) is 36.5 Å². The molecule has 0 spiro atoms. The van der Waals surface area contributed by atoms with E-state index in [1.54, 1.807) is 0 Å². The zero-order chi connectivity index (χ0) is 11.5. The van der Waals surface area contributed by atoms with E-state index in [9.17, 15) is 4.79 Å². The Labute approximate surface area is 106 Å². The first-order valence-corrected chi connectivity index (χ1v) is 5.74. The molecule has 0 fully saturated rings. The molecule has 2 aromatic rings. The Kier molecular flexibility index (Phi) is 3.23. The van der Waals surface area contributed by atoms with Gasteiger partial charge in [0.1, 0.15) is 5.69 Å². The fourth-order valence-electron chi connectivity index (χ4n) is 1.40. The average Bonchev–Trinajstić information content (AvgIpc) is 2.69. The molecular formula is C11H9IN2O2. The summed E-state index contributed by atoms with van der Waals surface area (Å²) >= 11 is 2.23. The SMILES string of the molecule is O=C(O)c1ccnn1Cc1ccc(I)cc1. The summed E-state index contributed by atoms with van der Waals surface area (Å²) in [6.07, 6.45) is 1.50. The maximum atomic E-state index is 10.9. The van der Waals surface area contributed by atoms with E-state index >= 15 is 0 Å². The van der Waals surface area contributed by atoms with Gasteiger partial charge in [0, 0.05) is 9.77 Å². The number of hydrogen-bond acceptors (Lipinski definition) is 2. The second kappa shape index (κ2) is 4.65. The molecule has 0 bridgehead atoms. The van der Waals surface area contributed by atoms with Gasteiger partial charge in [0.2, 0.25) is 0 Å². The Balaban J connectivity index is 2.23. The van der Waals surface area contributed by atoms with Crippen LogP contribution < -0.4 is 0 Å². The Bertz CT molecular complexity index is 505. The third kappa shape index (κ3) is 2.41. The van der Waals surface area contributed by atoms with E-state index in [1.807, 2.05) is 24.3 Å². The summed E-state index contributed by atoms with van der Waals surface area (Å²) in [5.74, 6) is -0.956. The van der Waals surface area contributed by atoms with Crippen molar-refractivity contribution in [2.45, 2.75) is 6.54 Å². The minimum atomic E-state index is -0.956. The van der Waals surface area contributed by atoms with Crippen LogP contribution in [-0.4, -0.2) is 20.9 Å². The lowest BCUT2D eigenvalue weighted by Gasteiger charge is -2.04. The third-order valence-corrected chi connectivity index (χ3v) is 2.90. The van der Waals surface area contributed by atoms with Crippen LogP contribution in [0.5, 0.6) is 0 Å². The molecule has 1 aromatic carbocycles. The van der Waals surface area contributed by atoms with Crippen molar-refractivity contribution in [1.82, 2.24) is 9.78 Å². The normalized spacial score (nSPS) is 10.3. The molecule has 0 aliphatic heterocycles. The summed E-state index contributed by atoms with van der Waals surface area (Å²) in [7, 11) is 0. The highest BCUT2D eigenvalue weighted by Crippen LogP contribution is 2.09. The summed E-state index contributed by atoms with van der Waals surface area (Å²) < 4.78 is 2.63. The molecular weight excluding hydrogens is 319 g/mol. The molecule has 0 aliphatic rings. The van der Waals surface area contributed by atoms with Gasteiger partial charge in [-0.3, -0.25) is 4.68 Å². The van der Waals surface area contributed by atoms with Crippen LogP contribution in [0.2, 0.25) is 0 Å². The molecule has 5 heteroatoms. The first-order valence-electron chi connectivity index (χ1n) is 4.66. The fourth-order valence-corrected chi connectivity index (χ4v) is 1.76. The monoisotopic (exact) mass is 328 g/mol. The summed E-state index contributed by atoms with van der Waals surface area (Å²) in [6.45, 7) is 0.478. The number of carboxylic acid groups (broad SMARTS) is 1. The zero-order valence-corrected chi connectivity index (χ0v) is 10.5. The number of rotatable bonds is 3. The topological polar surface area (TPSA) is 55.1 Å². The van der Waals surface area contributed by atoms with E-state index in [0.717, 1.165) is 9.13 Å². The summed E-state index contributed by atoms with van der Waals surface area (Å²) in [6, 6.07) is 9.40. The van der Waals surface area contributed by atoms with Gasteiger partial charge in [-0.15, -0.1) is 0 Å². The van der Waals surface area contributed by atoms with Crippen LogP contribution in [0.3, 0.4) is 0 Å². The molecule has 0 saturated carbocycles. The number of carbonyl (C=O) groups is 1. The Morgan fingerprint density at radius 1 is 1.31 bits per heavy atom. The second-order valence-electron chi connectivity index (χ2n) is 3.31. The first-order chi connectivity index (χ1) is 7.66. The number of halogens is 1. The van der Waals surface area contributed by atoms with E-state index in [0.29, 0.717) is 6.54 Å². The van der Waals surface area contributed by atoms with Gasteiger partial charge in [-0.05, 0) is 46.4 Å². The molecule has 0 amide bonds. The van der Waals surface area contributed by atoms with Crippen molar-refractivity contribution >= 4 is 28.6 Å². The van der Waals surface area contributed by atoms with E-state index in [1.165, 1.54) is 16.9 Å². The van der Waals surface area contributed by atoms with Gasteiger partial charge in [-0.1, -0.05) is 12.1 Å². The van der Waals surface area contributed by atoms with Gasteiger partial charge < -0.3 is 5.11 Å². The smallest absolute Gasteiger partial charge is 0.354 e. The molecule has 0 radical (unpaired) electrons. The van der Waals surface area contributed by atoms with Crippen LogP contribution in [0.1, 0.15) is 16.1 Å². The number of nitrogens with zero attached hydrogens (tertiary/aromatic N) is 2. The van der Waals surface area contributed by atoms with Crippen LogP contribution >= 0.6 is 22.6 Å². The molecule has 1 heterocycles. The van der Waals surface area contributed by atoms with Crippen molar-refractivity contribution in [1.29, 1.82) is 0 Å². The maximum Gasteiger partial charge on any atom is 0.354 e. The molecule has 0 saturated heterocycles. The van der Waals surface area contributed by atoms with E-state index in [2.05, 4.69) is 27.7 Å². The maximum absolute atomic E-state index is 10.9. The molecule has 2 rings (SSSR count). The van der Waals surface area contributed by atoms with Crippen LogP contribution in [0.4, 0.5) is 0 Å². The van der Waals surface area contributed by atoms with Gasteiger partial charge >= 0.3 is 5.97 Å². The lowest BCUT2D eigenvalue weighted by molar-refractivity contribution is 0.0684. The summed E-state index contributed by atoms with van der Waals surface area (Å²) in [4.78, 5) is 10.9. The molecule has 1 N–H and O–H groups in total. The van der Waals surface area contributed by atoms with E-state index in [-0.39, 0.29) is 5.69 Å². The first kappa shape index (κ1) is 11.1. The molecule has 16 heavy (non-hydrogen) atoms. The highest BCUT2D eigenvalue weighted by atomic mass is 127. The molecule has 0 atom stereocenters. The third-order valence-electron chi connectivity index (χ3n) is 2.18. The van der Waals surface area contributed by atoms with Gasteiger partial charge in [0.25, 0.3) is 0 Å². The number of aromatic nitrogens is 2. The highest BCUT2D eigenvalue weighted by molar-refractivity contribution is 14.1. The minimum Gasteiger partial charge on any atom is -0.477 e. The van der Waals surface area contributed by atoms with Gasteiger partial charge in [0.15, 0.2) is 0 Å². The molecule has 4 nitrogen and oxygen atoms in total. The van der Waals surface area contributed by atoms with Crippen molar-refractivity contribution in [2.24, 2.45) is 0 Å². The Morgan fingerprint density at radius 2 is 2.00 bits per heavy atom. The van der Waals surface area contributed by atoms with Crippen LogP contribution in [-0.2, 0) is 6.54 Å². The van der Waals surface area contributed by atoms with E-state index < -0.39 is 5.97 Å². The van der Waals surface area contributed by atoms with Crippen molar-refractivity contribution in [3.63, 3.8) is 0 Å². The second-order valence-corrected chi connectivity index (χ2v) is 4.55. The van der Waals surface area contributed by atoms with E-state index in [4.69, 9.17) is 5.11 Å². The molecule has 1 aromatic heterocycles. The fraction of sp³-hybridized carbons (Fsp3) is 0.0909. The number of benzene rings is 1. The number of aromatic carboxylic acids is 1. The Morgan fingerprint density at radius 3 is 2.62 bits per heavy atom. The van der Waals surface area contributed by atoms with Crippen molar-refractivity contribution in [3.8, 4) is 0 Å². The number of carboxylic acids is 1. The molecule has 0 unspecified atom stereocenters. The predicted octanol–water partition coefficient (Wildman–Crippen LogP) is 2.23. The molecule has 0 aliphatic carbocycles. The minimum absolute atomic E-state index is 0.207. The summed E-state index contributed by atoms with van der Waals surface area (Å²) in [5, 5.41) is 12.9. The lowest BCUT2D eigenvalue weighted by Crippen LogP contribution is -2.10. The van der Waals surface area contributed by atoms with Gasteiger partial charge in [-0.2, -0.15) is 5.10 Å². The van der Waals surface area contributed by atoms with Crippen LogP contribution in [0, 0.1) is 3.57 Å². The Hall–Kier alpha value is -1.37. The van der Waals surface area contributed by atoms with Gasteiger partial charge in [-0.25, -0.2) is 4.79 Å². The highest BCUT2D eigenvalue weighted by Gasteiger charge is 2.09. The van der Waals surface area contributed by atoms with Crippen molar-refractivity contribution in [3.05, 3.63) is 51.4 Å². The largest absolute Gasteiger partial charge is 0.477 e. The van der Waals surface area contributed by atoms with Crippen LogP contribution in [0.25, 0.3) is 0 Å². The van der Waals surface area contributed by atoms with Crippen molar-refractivity contribution in [2.75, 3.05) is 0 Å². The standard InChI is InChI=1S/C11H9IN2O2/c12-9-3-1-8(2-4-9)7-14-10(11(15)16)5-6-13-14/h1-6H,7H2,(H,15,16). The molecule has 82 valence electrons. The van der Waals surface area contributed by atoms with Gasteiger partial charge in [0.05, 0.1) is 6.54 Å². The van der Waals surface area contributed by atoms with Crippen molar-refractivity contribution < 1.29 is 9.90 Å². The number of hydrogen-bond donors (Lipinski definition) is 1. The quantitative estimate of drug-likeness (QED) is 0.879. The summed E-state index contributed by atoms with van der Waals surface area (Å²) in [5.41, 5.74) is 1.24. The average molecular weight is 328 g/mol. The predicted molar refractivity (Wildman–Crippen MR) is 67.4 cm³/mol. The zero-order valence-electron chi connectivity index (χ0n) is 8.30. The lowest BCUT2D eigenvalue weighted by atomic mass is 10.2.